The molecule has 0 unspecified atom stereocenters. The maximum atomic E-state index is 12.4. The van der Waals surface area contributed by atoms with Crippen LogP contribution >= 0.6 is 24.8 Å². The first kappa shape index (κ1) is 22.2. The molecule has 0 spiro atoms. The Hall–Kier alpha value is -2.14. The number of amides is 1. The summed E-state index contributed by atoms with van der Waals surface area (Å²) in [4.78, 5) is 16.7. The number of aryl methyl sites for hydroxylation is 1. The van der Waals surface area contributed by atoms with Gasteiger partial charge in [0.2, 0.25) is 0 Å². The fraction of sp³-hybridized carbons (Fsp3) is 0.273. The molecule has 0 saturated carbocycles. The van der Waals surface area contributed by atoms with E-state index in [-0.39, 0.29) is 30.7 Å². The summed E-state index contributed by atoms with van der Waals surface area (Å²) in [5.74, 6) is -0.00515. The molecule has 2 N–H and O–H groups in total. The number of nitrogens with zero attached hydrogens (tertiary/aromatic N) is 1. The third-order valence-corrected chi connectivity index (χ3v) is 5.00. The Balaban J connectivity index is 0.00000140. The minimum absolute atomic E-state index is 0. The molecule has 4 nitrogen and oxygen atoms in total. The standard InChI is InChI=1S/C22H23N3O.2ClH/c1-15-11-19(8-10-23-15)17-4-5-18-13-20(7-6-16(18)12-17)22(26)25-14-21-3-2-9-24-21;;/h4-8,10-13,21,24H,2-3,9,14H2,1H3,(H,25,26);2*1H/t21-;;/m0../s1. The summed E-state index contributed by atoms with van der Waals surface area (Å²) in [7, 11) is 0. The lowest BCUT2D eigenvalue weighted by atomic mass is 10.00. The first-order chi connectivity index (χ1) is 12.7. The fourth-order valence-electron chi connectivity index (χ4n) is 3.54. The van der Waals surface area contributed by atoms with E-state index in [2.05, 4.69) is 39.9 Å². The molecule has 2 aromatic carbocycles. The SMILES string of the molecule is Cc1cc(-c2ccc3cc(C(=O)NC[C@@H]4CCCN4)ccc3c2)ccn1.Cl.Cl. The lowest BCUT2D eigenvalue weighted by Gasteiger charge is -2.12. The number of fused-ring (bicyclic) bond motifs is 1. The highest BCUT2D eigenvalue weighted by Gasteiger charge is 2.15. The van der Waals surface area contributed by atoms with Gasteiger partial charge in [-0.1, -0.05) is 18.2 Å². The molecular weight excluding hydrogens is 393 g/mol. The normalized spacial score (nSPS) is 15.5. The van der Waals surface area contributed by atoms with E-state index in [1.165, 1.54) is 6.42 Å². The number of halogens is 2. The minimum atomic E-state index is -0.00515. The Labute approximate surface area is 178 Å². The van der Waals surface area contributed by atoms with Crippen LogP contribution in [0, 0.1) is 6.92 Å². The molecule has 0 bridgehead atoms. The monoisotopic (exact) mass is 417 g/mol. The lowest BCUT2D eigenvalue weighted by molar-refractivity contribution is 0.0950. The van der Waals surface area contributed by atoms with Crippen molar-refractivity contribution in [3.8, 4) is 11.1 Å². The van der Waals surface area contributed by atoms with Crippen molar-refractivity contribution in [3.05, 3.63) is 66.0 Å². The van der Waals surface area contributed by atoms with Crippen molar-refractivity contribution in [2.24, 2.45) is 0 Å². The first-order valence-electron chi connectivity index (χ1n) is 9.17. The van der Waals surface area contributed by atoms with Crippen molar-refractivity contribution in [1.82, 2.24) is 15.6 Å². The quantitative estimate of drug-likeness (QED) is 0.655. The Bertz CT molecular complexity index is 955. The Kier molecular flexibility index (Phi) is 7.81. The van der Waals surface area contributed by atoms with Crippen molar-refractivity contribution in [2.45, 2.75) is 25.8 Å². The summed E-state index contributed by atoms with van der Waals surface area (Å²) < 4.78 is 0. The van der Waals surface area contributed by atoms with Gasteiger partial charge in [0.1, 0.15) is 0 Å². The predicted octanol–water partition coefficient (Wildman–Crippen LogP) is 4.54. The van der Waals surface area contributed by atoms with Crippen LogP contribution < -0.4 is 10.6 Å². The van der Waals surface area contributed by atoms with Crippen LogP contribution in [0.2, 0.25) is 0 Å². The van der Waals surface area contributed by atoms with Gasteiger partial charge >= 0.3 is 0 Å². The molecule has 1 amide bonds. The summed E-state index contributed by atoms with van der Waals surface area (Å²) >= 11 is 0. The Morgan fingerprint density at radius 3 is 2.57 bits per heavy atom. The van der Waals surface area contributed by atoms with Gasteiger partial charge < -0.3 is 10.6 Å². The summed E-state index contributed by atoms with van der Waals surface area (Å²) in [6, 6.07) is 16.7. The van der Waals surface area contributed by atoms with E-state index in [1.54, 1.807) is 0 Å². The number of hydrogen-bond donors (Lipinski definition) is 2. The Morgan fingerprint density at radius 2 is 1.82 bits per heavy atom. The van der Waals surface area contributed by atoms with E-state index in [4.69, 9.17) is 0 Å². The molecule has 1 saturated heterocycles. The van der Waals surface area contributed by atoms with Crippen LogP contribution in [0.1, 0.15) is 28.9 Å². The number of rotatable bonds is 4. The van der Waals surface area contributed by atoms with Crippen molar-refractivity contribution in [1.29, 1.82) is 0 Å². The zero-order valence-corrected chi connectivity index (χ0v) is 17.4. The molecule has 4 rings (SSSR count). The molecule has 1 aromatic heterocycles. The second-order valence-electron chi connectivity index (χ2n) is 6.97. The molecule has 2 heterocycles. The van der Waals surface area contributed by atoms with Crippen molar-refractivity contribution >= 4 is 41.5 Å². The van der Waals surface area contributed by atoms with E-state index < -0.39 is 0 Å². The van der Waals surface area contributed by atoms with Gasteiger partial charge in [-0.2, -0.15) is 0 Å². The largest absolute Gasteiger partial charge is 0.350 e. The van der Waals surface area contributed by atoms with E-state index in [1.807, 2.05) is 37.4 Å². The summed E-state index contributed by atoms with van der Waals surface area (Å²) in [5.41, 5.74) is 4.03. The molecule has 1 atom stereocenters. The second kappa shape index (κ2) is 9.87. The minimum Gasteiger partial charge on any atom is -0.350 e. The van der Waals surface area contributed by atoms with Crippen LogP contribution in [-0.2, 0) is 0 Å². The fourth-order valence-corrected chi connectivity index (χ4v) is 3.54. The van der Waals surface area contributed by atoms with Crippen LogP contribution in [0.25, 0.3) is 21.9 Å². The molecule has 28 heavy (non-hydrogen) atoms. The number of carbonyl (C=O) groups is 1. The van der Waals surface area contributed by atoms with E-state index in [0.717, 1.165) is 40.6 Å². The van der Waals surface area contributed by atoms with Gasteiger partial charge in [0, 0.05) is 30.0 Å². The third kappa shape index (κ3) is 5.02. The van der Waals surface area contributed by atoms with Gasteiger partial charge in [0.05, 0.1) is 0 Å². The van der Waals surface area contributed by atoms with E-state index >= 15 is 0 Å². The van der Waals surface area contributed by atoms with Crippen LogP contribution in [0.15, 0.2) is 54.7 Å². The highest BCUT2D eigenvalue weighted by atomic mass is 35.5. The van der Waals surface area contributed by atoms with Crippen LogP contribution in [-0.4, -0.2) is 30.0 Å². The molecule has 1 fully saturated rings. The predicted molar refractivity (Wildman–Crippen MR) is 120 cm³/mol. The zero-order chi connectivity index (χ0) is 17.9. The first-order valence-corrected chi connectivity index (χ1v) is 9.17. The molecule has 6 heteroatoms. The topological polar surface area (TPSA) is 54.0 Å². The molecule has 0 radical (unpaired) electrons. The maximum Gasteiger partial charge on any atom is 0.251 e. The van der Waals surface area contributed by atoms with Crippen molar-refractivity contribution < 1.29 is 4.79 Å². The van der Waals surface area contributed by atoms with Crippen LogP contribution in [0.5, 0.6) is 0 Å². The van der Waals surface area contributed by atoms with Crippen LogP contribution in [0.3, 0.4) is 0 Å². The molecule has 0 aliphatic carbocycles. The molecule has 148 valence electrons. The molecule has 1 aliphatic rings. The van der Waals surface area contributed by atoms with Gasteiger partial charge in [-0.25, -0.2) is 0 Å². The number of carbonyl (C=O) groups excluding carboxylic acids is 1. The zero-order valence-electron chi connectivity index (χ0n) is 15.8. The third-order valence-electron chi connectivity index (χ3n) is 5.00. The van der Waals surface area contributed by atoms with Gasteiger partial charge in [-0.05, 0) is 78.5 Å². The van der Waals surface area contributed by atoms with Gasteiger partial charge in [0.25, 0.3) is 5.91 Å². The molecule has 3 aromatic rings. The average Bonchev–Trinajstić information content (AvgIpc) is 3.19. The smallest absolute Gasteiger partial charge is 0.251 e. The van der Waals surface area contributed by atoms with Gasteiger partial charge in [-0.15, -0.1) is 24.8 Å². The van der Waals surface area contributed by atoms with E-state index in [9.17, 15) is 4.79 Å². The average molecular weight is 418 g/mol. The van der Waals surface area contributed by atoms with Gasteiger partial charge in [-0.3, -0.25) is 9.78 Å². The number of hydrogen-bond acceptors (Lipinski definition) is 3. The lowest BCUT2D eigenvalue weighted by Crippen LogP contribution is -2.37. The summed E-state index contributed by atoms with van der Waals surface area (Å²) in [5, 5.41) is 8.65. The molecule has 1 aliphatic heterocycles. The van der Waals surface area contributed by atoms with Crippen molar-refractivity contribution in [2.75, 3.05) is 13.1 Å². The van der Waals surface area contributed by atoms with E-state index in [0.29, 0.717) is 18.2 Å². The highest BCUT2D eigenvalue weighted by Crippen LogP contribution is 2.25. The maximum absolute atomic E-state index is 12.4. The number of pyridine rings is 1. The highest BCUT2D eigenvalue weighted by molar-refractivity contribution is 5.99. The number of benzene rings is 2. The number of aromatic nitrogens is 1. The number of nitrogens with one attached hydrogen (secondary N) is 2. The van der Waals surface area contributed by atoms with Crippen molar-refractivity contribution in [3.63, 3.8) is 0 Å². The summed E-state index contributed by atoms with van der Waals surface area (Å²) in [6.45, 7) is 3.74. The molecular formula is C22H25Cl2N3O. The van der Waals surface area contributed by atoms with Gasteiger partial charge in [0.15, 0.2) is 0 Å². The second-order valence-corrected chi connectivity index (χ2v) is 6.97. The Morgan fingerprint density at radius 1 is 1.07 bits per heavy atom. The summed E-state index contributed by atoms with van der Waals surface area (Å²) in [6.07, 6.45) is 4.16. The van der Waals surface area contributed by atoms with Crippen LogP contribution in [0.4, 0.5) is 0 Å².